The number of anilines is 1. The Balaban J connectivity index is 2.87. The van der Waals surface area contributed by atoms with Crippen LogP contribution >= 0.6 is 15.9 Å². The summed E-state index contributed by atoms with van der Waals surface area (Å²) in [6.45, 7) is 1.80. The molecular formula is C8H9BrN2O2. The van der Waals surface area contributed by atoms with Crippen molar-refractivity contribution < 1.29 is 9.53 Å². The largest absolute Gasteiger partial charge is 0.453 e. The van der Waals surface area contributed by atoms with Gasteiger partial charge >= 0.3 is 6.09 Å². The van der Waals surface area contributed by atoms with Crippen molar-refractivity contribution in [3.8, 4) is 0 Å². The lowest BCUT2D eigenvalue weighted by Crippen LogP contribution is -2.12. The Morgan fingerprint density at radius 2 is 2.38 bits per heavy atom. The van der Waals surface area contributed by atoms with Crippen molar-refractivity contribution in [1.82, 2.24) is 4.98 Å². The Labute approximate surface area is 84.4 Å². The Morgan fingerprint density at radius 3 is 3.00 bits per heavy atom. The second-order valence-corrected chi connectivity index (χ2v) is 3.32. The number of ether oxygens (including phenoxy) is 1. The molecule has 0 saturated carbocycles. The van der Waals surface area contributed by atoms with E-state index in [4.69, 9.17) is 0 Å². The number of nitrogens with one attached hydrogen (secondary N) is 1. The average molecular weight is 245 g/mol. The minimum atomic E-state index is -0.497. The van der Waals surface area contributed by atoms with Gasteiger partial charge in [-0.15, -0.1) is 0 Å². The fourth-order valence-electron chi connectivity index (χ4n) is 0.795. The van der Waals surface area contributed by atoms with Gasteiger partial charge in [-0.25, -0.2) is 4.79 Å². The molecule has 0 fully saturated rings. The van der Waals surface area contributed by atoms with Gasteiger partial charge in [0, 0.05) is 10.7 Å². The van der Waals surface area contributed by atoms with Crippen LogP contribution in [0.4, 0.5) is 10.5 Å². The molecule has 0 atom stereocenters. The maximum atomic E-state index is 10.9. The highest BCUT2D eigenvalue weighted by atomic mass is 79.9. The van der Waals surface area contributed by atoms with Gasteiger partial charge in [0.25, 0.3) is 0 Å². The Kier molecular flexibility index (Phi) is 3.25. The van der Waals surface area contributed by atoms with Crippen LogP contribution in [0.25, 0.3) is 0 Å². The van der Waals surface area contributed by atoms with Gasteiger partial charge in [0.1, 0.15) is 0 Å². The molecule has 1 rings (SSSR count). The number of rotatable bonds is 1. The normalized spacial score (nSPS) is 9.46. The number of pyridine rings is 1. The Hall–Kier alpha value is -1.10. The molecule has 0 spiro atoms. The van der Waals surface area contributed by atoms with E-state index in [1.165, 1.54) is 7.11 Å². The molecule has 1 heterocycles. The maximum absolute atomic E-state index is 10.9. The van der Waals surface area contributed by atoms with Crippen molar-refractivity contribution in [3.05, 3.63) is 22.4 Å². The van der Waals surface area contributed by atoms with E-state index in [0.29, 0.717) is 5.69 Å². The zero-order valence-electron chi connectivity index (χ0n) is 7.30. The third kappa shape index (κ3) is 2.69. The predicted octanol–water partition coefficient (Wildman–Crippen LogP) is 2.33. The third-order valence-corrected chi connectivity index (χ3v) is 1.91. The van der Waals surface area contributed by atoms with Crippen LogP contribution in [-0.4, -0.2) is 18.2 Å². The molecule has 0 radical (unpaired) electrons. The smallest absolute Gasteiger partial charge is 0.411 e. The number of hydrogen-bond donors (Lipinski definition) is 1. The number of halogens is 1. The molecule has 0 aliphatic carbocycles. The average Bonchev–Trinajstić information content (AvgIpc) is 2.11. The summed E-state index contributed by atoms with van der Waals surface area (Å²) >= 11 is 3.25. The van der Waals surface area contributed by atoms with E-state index in [2.05, 4.69) is 31.0 Å². The number of methoxy groups -OCH3 is 1. The van der Waals surface area contributed by atoms with Gasteiger partial charge in [0.05, 0.1) is 18.5 Å². The molecule has 0 aliphatic rings. The second-order valence-electron chi connectivity index (χ2n) is 2.40. The van der Waals surface area contributed by atoms with Crippen molar-refractivity contribution in [2.45, 2.75) is 6.92 Å². The molecule has 0 bridgehead atoms. The third-order valence-electron chi connectivity index (χ3n) is 1.48. The first-order chi connectivity index (χ1) is 6.13. The van der Waals surface area contributed by atoms with Gasteiger partial charge in [-0.05, 0) is 28.9 Å². The van der Waals surface area contributed by atoms with E-state index >= 15 is 0 Å². The fraction of sp³-hybridized carbons (Fsp3) is 0.250. The van der Waals surface area contributed by atoms with Gasteiger partial charge < -0.3 is 4.74 Å². The molecule has 0 aliphatic heterocycles. The van der Waals surface area contributed by atoms with Crippen LogP contribution in [0.2, 0.25) is 0 Å². The first-order valence-electron chi connectivity index (χ1n) is 3.60. The molecular weight excluding hydrogens is 236 g/mol. The molecule has 0 saturated heterocycles. The van der Waals surface area contributed by atoms with Crippen molar-refractivity contribution in [1.29, 1.82) is 0 Å². The Bertz CT molecular complexity index is 328. The van der Waals surface area contributed by atoms with Crippen molar-refractivity contribution in [2.75, 3.05) is 12.4 Å². The number of carbonyl (C=O) groups excluding carboxylic acids is 1. The van der Waals surface area contributed by atoms with E-state index in [1.807, 2.05) is 0 Å². The molecule has 5 heteroatoms. The van der Waals surface area contributed by atoms with E-state index in [0.717, 1.165) is 10.2 Å². The van der Waals surface area contributed by atoms with Crippen LogP contribution in [0.1, 0.15) is 5.69 Å². The number of nitrogens with zero attached hydrogens (tertiary/aromatic N) is 1. The highest BCUT2D eigenvalue weighted by Gasteiger charge is 2.04. The van der Waals surface area contributed by atoms with Gasteiger partial charge in [-0.3, -0.25) is 10.3 Å². The van der Waals surface area contributed by atoms with Crippen LogP contribution in [0.15, 0.2) is 16.7 Å². The highest BCUT2D eigenvalue weighted by molar-refractivity contribution is 9.10. The minimum Gasteiger partial charge on any atom is -0.453 e. The monoisotopic (exact) mass is 244 g/mol. The number of hydrogen-bond acceptors (Lipinski definition) is 3. The summed E-state index contributed by atoms with van der Waals surface area (Å²) in [6.07, 6.45) is 1.17. The molecule has 1 aromatic heterocycles. The quantitative estimate of drug-likeness (QED) is 0.825. The highest BCUT2D eigenvalue weighted by Crippen LogP contribution is 2.17. The van der Waals surface area contributed by atoms with E-state index in [9.17, 15) is 4.79 Å². The van der Waals surface area contributed by atoms with Gasteiger partial charge in [0.2, 0.25) is 0 Å². The summed E-state index contributed by atoms with van der Waals surface area (Å²) in [6, 6.07) is 1.76. The number of amides is 1. The first kappa shape index (κ1) is 9.98. The predicted molar refractivity (Wildman–Crippen MR) is 52.7 cm³/mol. The molecule has 0 unspecified atom stereocenters. The summed E-state index contributed by atoms with van der Waals surface area (Å²) in [4.78, 5) is 14.9. The van der Waals surface area contributed by atoms with E-state index in [1.54, 1.807) is 19.2 Å². The molecule has 4 nitrogen and oxygen atoms in total. The zero-order chi connectivity index (χ0) is 9.84. The number of aromatic nitrogens is 1. The number of carbonyl (C=O) groups is 1. The van der Waals surface area contributed by atoms with Crippen LogP contribution in [0.5, 0.6) is 0 Å². The summed E-state index contributed by atoms with van der Waals surface area (Å²) in [5.74, 6) is 0. The molecule has 70 valence electrons. The van der Waals surface area contributed by atoms with Crippen molar-refractivity contribution >= 4 is 27.7 Å². The van der Waals surface area contributed by atoms with Crippen molar-refractivity contribution in [2.24, 2.45) is 0 Å². The lowest BCUT2D eigenvalue weighted by molar-refractivity contribution is 0.187. The lowest BCUT2D eigenvalue weighted by Gasteiger charge is -2.06. The van der Waals surface area contributed by atoms with Gasteiger partial charge in [0.15, 0.2) is 0 Å². The first-order valence-corrected chi connectivity index (χ1v) is 4.40. The van der Waals surface area contributed by atoms with Crippen LogP contribution in [-0.2, 0) is 4.74 Å². The standard InChI is InChI=1S/C8H9BrN2O2/c1-5-7(11-8(12)13-2)3-6(9)4-10-5/h3-4H,1-2H3,(H,11,12). The summed E-state index contributed by atoms with van der Waals surface area (Å²) < 4.78 is 5.27. The van der Waals surface area contributed by atoms with E-state index in [-0.39, 0.29) is 0 Å². The summed E-state index contributed by atoms with van der Waals surface area (Å²) in [5.41, 5.74) is 1.38. The maximum Gasteiger partial charge on any atom is 0.411 e. The van der Waals surface area contributed by atoms with Crippen LogP contribution < -0.4 is 5.32 Å². The zero-order valence-corrected chi connectivity index (χ0v) is 8.88. The van der Waals surface area contributed by atoms with Gasteiger partial charge in [-0.1, -0.05) is 0 Å². The topological polar surface area (TPSA) is 51.2 Å². The molecule has 0 aromatic carbocycles. The van der Waals surface area contributed by atoms with Crippen LogP contribution in [0, 0.1) is 6.92 Å². The van der Waals surface area contributed by atoms with Crippen LogP contribution in [0.3, 0.4) is 0 Å². The number of aryl methyl sites for hydroxylation is 1. The second kappa shape index (κ2) is 4.23. The Morgan fingerprint density at radius 1 is 1.69 bits per heavy atom. The summed E-state index contributed by atoms with van der Waals surface area (Å²) in [7, 11) is 1.32. The summed E-state index contributed by atoms with van der Waals surface area (Å²) in [5, 5.41) is 2.55. The van der Waals surface area contributed by atoms with E-state index < -0.39 is 6.09 Å². The van der Waals surface area contributed by atoms with Crippen molar-refractivity contribution in [3.63, 3.8) is 0 Å². The lowest BCUT2D eigenvalue weighted by atomic mass is 10.3. The SMILES string of the molecule is COC(=O)Nc1cc(Br)cnc1C. The molecule has 1 N–H and O–H groups in total. The molecule has 1 amide bonds. The molecule has 13 heavy (non-hydrogen) atoms. The minimum absolute atomic E-state index is 0.497. The fourth-order valence-corrected chi connectivity index (χ4v) is 1.13. The molecule has 1 aromatic rings. The van der Waals surface area contributed by atoms with Gasteiger partial charge in [-0.2, -0.15) is 0 Å².